The van der Waals surface area contributed by atoms with E-state index in [9.17, 15) is 20.1 Å². The van der Waals surface area contributed by atoms with E-state index in [1.54, 1.807) is 0 Å². The minimum atomic E-state index is -0.745. The van der Waals surface area contributed by atoms with E-state index in [1.807, 2.05) is 0 Å². The van der Waals surface area contributed by atoms with E-state index in [0.29, 0.717) is 12.8 Å². The van der Waals surface area contributed by atoms with E-state index in [4.69, 9.17) is 0 Å². The van der Waals surface area contributed by atoms with Crippen molar-refractivity contribution in [1.29, 1.82) is 0 Å². The van der Waals surface area contributed by atoms with Crippen molar-refractivity contribution in [2.24, 2.45) is 0 Å². The van der Waals surface area contributed by atoms with Crippen molar-refractivity contribution in [3.05, 3.63) is 0 Å². The van der Waals surface area contributed by atoms with Crippen molar-refractivity contribution in [3.8, 4) is 0 Å². The first-order valence-electron chi connectivity index (χ1n) is 26.3. The van der Waals surface area contributed by atoms with Crippen molar-refractivity contribution in [3.63, 3.8) is 0 Å². The van der Waals surface area contributed by atoms with Crippen LogP contribution in [0.3, 0.4) is 0 Å². The van der Waals surface area contributed by atoms with Gasteiger partial charge in [0.1, 0.15) is 0 Å². The molecule has 0 rings (SSSR count). The predicted octanol–water partition coefficient (Wildman–Crippen LogP) is 15.8. The zero-order valence-electron chi connectivity index (χ0n) is 39.0. The SMILES string of the molecule is CCCCCCCCCCCCCCCCCCCCCCCCCC(O)C(CO)NC(=O)CC(O)CCCCCCCCCCCCCCCCCCCCC. The highest BCUT2D eigenvalue weighted by Gasteiger charge is 2.21. The second kappa shape index (κ2) is 48.0. The van der Waals surface area contributed by atoms with Crippen LogP contribution in [0, 0.1) is 0 Å². The summed E-state index contributed by atoms with van der Waals surface area (Å²) < 4.78 is 0. The van der Waals surface area contributed by atoms with E-state index in [2.05, 4.69) is 19.2 Å². The first kappa shape index (κ1) is 56.4. The van der Waals surface area contributed by atoms with Crippen LogP contribution < -0.4 is 5.32 Å². The predicted molar refractivity (Wildman–Crippen MR) is 250 cm³/mol. The maximum absolute atomic E-state index is 12.5. The van der Waals surface area contributed by atoms with Gasteiger partial charge in [-0.25, -0.2) is 0 Å². The number of rotatable bonds is 49. The summed E-state index contributed by atoms with van der Waals surface area (Å²) in [6, 6.07) is -0.653. The van der Waals surface area contributed by atoms with Crippen molar-refractivity contribution in [2.75, 3.05) is 6.61 Å². The lowest BCUT2D eigenvalue weighted by Crippen LogP contribution is -2.46. The molecule has 0 heterocycles. The molecule has 0 aromatic heterocycles. The van der Waals surface area contributed by atoms with Gasteiger partial charge in [-0.1, -0.05) is 284 Å². The Kier molecular flexibility index (Phi) is 47.5. The fourth-order valence-electron chi connectivity index (χ4n) is 8.64. The quantitative estimate of drug-likeness (QED) is 0.0461. The number of amides is 1. The molecule has 1 amide bonds. The number of hydrogen-bond donors (Lipinski definition) is 4. The Balaban J connectivity index is 3.51. The van der Waals surface area contributed by atoms with Crippen LogP contribution in [0.4, 0.5) is 0 Å². The molecule has 0 aliphatic carbocycles. The van der Waals surface area contributed by atoms with Gasteiger partial charge in [-0.2, -0.15) is 0 Å². The van der Waals surface area contributed by atoms with E-state index >= 15 is 0 Å². The van der Waals surface area contributed by atoms with Gasteiger partial charge in [-0.3, -0.25) is 4.79 Å². The average Bonchev–Trinajstić information content (AvgIpc) is 3.20. The smallest absolute Gasteiger partial charge is 0.222 e. The van der Waals surface area contributed by atoms with Gasteiger partial charge in [-0.15, -0.1) is 0 Å². The third-order valence-corrected chi connectivity index (χ3v) is 12.7. The van der Waals surface area contributed by atoms with Gasteiger partial charge < -0.3 is 20.6 Å². The Morgan fingerprint density at radius 2 is 0.596 bits per heavy atom. The number of nitrogens with one attached hydrogen (secondary N) is 1. The molecule has 5 heteroatoms. The lowest BCUT2D eigenvalue weighted by atomic mass is 10.0. The summed E-state index contributed by atoms with van der Waals surface area (Å²) >= 11 is 0. The molecule has 4 N–H and O–H groups in total. The molecule has 0 bridgehead atoms. The third-order valence-electron chi connectivity index (χ3n) is 12.7. The summed E-state index contributed by atoms with van der Waals surface area (Å²) in [7, 11) is 0. The highest BCUT2D eigenvalue weighted by molar-refractivity contribution is 5.76. The Labute approximate surface area is 357 Å². The number of hydrogen-bond acceptors (Lipinski definition) is 4. The minimum absolute atomic E-state index is 0.0434. The summed E-state index contributed by atoms with van der Waals surface area (Å²) in [6.45, 7) is 4.30. The molecule has 3 unspecified atom stereocenters. The monoisotopic (exact) mass is 808 g/mol. The molecule has 0 saturated heterocycles. The molecule has 0 fully saturated rings. The van der Waals surface area contributed by atoms with Crippen LogP contribution in [-0.2, 0) is 4.79 Å². The molecule has 5 nitrogen and oxygen atoms in total. The highest BCUT2D eigenvalue weighted by atomic mass is 16.3. The molecule has 0 saturated carbocycles. The number of aliphatic hydroxyl groups excluding tert-OH is 3. The van der Waals surface area contributed by atoms with Gasteiger partial charge in [0.2, 0.25) is 5.91 Å². The number of carbonyl (C=O) groups excluding carboxylic acids is 1. The largest absolute Gasteiger partial charge is 0.394 e. The molecule has 0 radical (unpaired) electrons. The molecule has 0 aromatic carbocycles. The van der Waals surface area contributed by atoms with Gasteiger partial charge in [-0.05, 0) is 12.8 Å². The summed E-state index contributed by atoms with van der Waals surface area (Å²) in [6.07, 6.45) is 56.7. The molecule has 0 aromatic rings. The minimum Gasteiger partial charge on any atom is -0.394 e. The van der Waals surface area contributed by atoms with Crippen LogP contribution in [0.15, 0.2) is 0 Å². The van der Waals surface area contributed by atoms with Crippen LogP contribution in [0.5, 0.6) is 0 Å². The Morgan fingerprint density at radius 1 is 0.368 bits per heavy atom. The van der Waals surface area contributed by atoms with Crippen LogP contribution in [-0.4, -0.2) is 46.1 Å². The number of carbonyl (C=O) groups is 1. The first-order valence-corrected chi connectivity index (χ1v) is 26.3. The molecule has 3 atom stereocenters. The zero-order valence-corrected chi connectivity index (χ0v) is 39.0. The Morgan fingerprint density at radius 3 is 0.842 bits per heavy atom. The van der Waals surface area contributed by atoms with Gasteiger partial charge >= 0.3 is 0 Å². The molecule has 0 aliphatic heterocycles. The van der Waals surface area contributed by atoms with Gasteiger partial charge in [0.05, 0.1) is 31.3 Å². The van der Waals surface area contributed by atoms with Crippen molar-refractivity contribution in [2.45, 2.75) is 321 Å². The Hall–Kier alpha value is -0.650. The molecular weight excluding hydrogens is 703 g/mol. The second-order valence-electron chi connectivity index (χ2n) is 18.5. The summed E-state index contributed by atoms with van der Waals surface area (Å²) in [4.78, 5) is 12.5. The molecular formula is C52H105NO4. The fraction of sp³-hybridized carbons (Fsp3) is 0.981. The summed E-state index contributed by atoms with van der Waals surface area (Å²) in [5.74, 6) is -0.275. The van der Waals surface area contributed by atoms with E-state index < -0.39 is 18.2 Å². The van der Waals surface area contributed by atoms with Crippen LogP contribution in [0.2, 0.25) is 0 Å². The highest BCUT2D eigenvalue weighted by Crippen LogP contribution is 2.18. The van der Waals surface area contributed by atoms with Crippen molar-refractivity contribution < 1.29 is 20.1 Å². The fourth-order valence-corrected chi connectivity index (χ4v) is 8.64. The lowest BCUT2D eigenvalue weighted by molar-refractivity contribution is -0.125. The molecule has 0 spiro atoms. The molecule has 0 aliphatic rings. The normalized spacial score (nSPS) is 13.3. The van der Waals surface area contributed by atoms with Crippen LogP contribution in [0.25, 0.3) is 0 Å². The topological polar surface area (TPSA) is 89.8 Å². The van der Waals surface area contributed by atoms with Crippen molar-refractivity contribution in [1.82, 2.24) is 5.32 Å². The second-order valence-corrected chi connectivity index (χ2v) is 18.5. The van der Waals surface area contributed by atoms with Crippen LogP contribution in [0.1, 0.15) is 303 Å². The maximum Gasteiger partial charge on any atom is 0.222 e. The number of unbranched alkanes of at least 4 members (excludes halogenated alkanes) is 40. The first-order chi connectivity index (χ1) is 28.0. The Bertz CT molecular complexity index is 762. The molecule has 342 valence electrons. The van der Waals surface area contributed by atoms with Crippen LogP contribution >= 0.6 is 0 Å². The number of aliphatic hydroxyl groups is 3. The lowest BCUT2D eigenvalue weighted by Gasteiger charge is -2.23. The van der Waals surface area contributed by atoms with E-state index in [-0.39, 0.29) is 18.9 Å². The van der Waals surface area contributed by atoms with Gasteiger partial charge in [0.25, 0.3) is 0 Å². The van der Waals surface area contributed by atoms with Gasteiger partial charge in [0.15, 0.2) is 0 Å². The van der Waals surface area contributed by atoms with Crippen molar-refractivity contribution >= 4 is 5.91 Å². The summed E-state index contributed by atoms with van der Waals surface area (Å²) in [5.41, 5.74) is 0. The zero-order chi connectivity index (χ0) is 41.5. The van der Waals surface area contributed by atoms with Gasteiger partial charge in [0, 0.05) is 0 Å². The molecule has 57 heavy (non-hydrogen) atoms. The van der Waals surface area contributed by atoms with E-state index in [1.165, 1.54) is 244 Å². The maximum atomic E-state index is 12.5. The standard InChI is InChI=1S/C52H105NO4/c1-3-5-7-9-11-13-15-17-19-21-23-24-25-26-28-30-32-34-36-38-40-42-44-46-51(56)50(48-54)53-52(57)47-49(55)45-43-41-39-37-35-33-31-29-27-22-20-18-16-14-12-10-8-6-4-2/h49-51,54-56H,3-48H2,1-2H3,(H,53,57). The summed E-state index contributed by atoms with van der Waals surface area (Å²) in [5, 5.41) is 33.6. The average molecular weight is 808 g/mol. The third kappa shape index (κ3) is 44.7. The van der Waals surface area contributed by atoms with E-state index in [0.717, 1.165) is 25.7 Å².